The average Bonchev–Trinajstić information content (AvgIpc) is 3.25. The van der Waals surface area contributed by atoms with Crippen molar-refractivity contribution in [2.45, 2.75) is 32.7 Å². The van der Waals surface area contributed by atoms with Crippen molar-refractivity contribution in [3.8, 4) is 0 Å². The predicted molar refractivity (Wildman–Crippen MR) is 101 cm³/mol. The minimum Gasteiger partial charge on any atom is -0.350 e. The minimum atomic E-state index is 0.0821. The topological polar surface area (TPSA) is 42.0 Å². The lowest BCUT2D eigenvalue weighted by molar-refractivity contribution is -0.121. The largest absolute Gasteiger partial charge is 0.350 e. The first kappa shape index (κ1) is 16.9. The molecule has 2 aromatic heterocycles. The van der Waals surface area contributed by atoms with Gasteiger partial charge in [0.25, 0.3) is 0 Å². The second-order valence-corrected chi connectivity index (χ2v) is 7.97. The number of carbonyl (C=O) groups is 1. The lowest BCUT2D eigenvalue weighted by Gasteiger charge is -2.02. The quantitative estimate of drug-likeness (QED) is 0.684. The second-order valence-electron chi connectivity index (χ2n) is 5.74. The number of aromatic nitrogens is 1. The number of benzene rings is 1. The van der Waals surface area contributed by atoms with Crippen molar-refractivity contribution in [1.29, 1.82) is 0 Å². The number of nitrogens with zero attached hydrogens (tertiary/aromatic N) is 1. The Balaban J connectivity index is 1.45. The summed E-state index contributed by atoms with van der Waals surface area (Å²) in [5.74, 6) is 0.0821. The third-order valence-electron chi connectivity index (χ3n) is 3.72. The van der Waals surface area contributed by atoms with E-state index in [-0.39, 0.29) is 5.91 Å². The molecule has 0 aliphatic carbocycles. The van der Waals surface area contributed by atoms with Gasteiger partial charge in [0.2, 0.25) is 5.91 Å². The molecule has 0 saturated carbocycles. The summed E-state index contributed by atoms with van der Waals surface area (Å²) < 4.78 is 0. The molecule has 0 atom stereocenters. The fourth-order valence-electron chi connectivity index (χ4n) is 2.37. The molecule has 124 valence electrons. The van der Waals surface area contributed by atoms with E-state index in [2.05, 4.69) is 47.6 Å². The van der Waals surface area contributed by atoms with Crippen molar-refractivity contribution in [3.63, 3.8) is 0 Å². The van der Waals surface area contributed by atoms with Gasteiger partial charge in [0, 0.05) is 28.8 Å². The van der Waals surface area contributed by atoms with Gasteiger partial charge in [-0.05, 0) is 30.4 Å². The predicted octanol–water partition coefficient (Wildman–Crippen LogP) is 4.35. The Hall–Kier alpha value is -1.98. The first-order valence-corrected chi connectivity index (χ1v) is 9.67. The summed E-state index contributed by atoms with van der Waals surface area (Å²) in [6.45, 7) is 2.61. The van der Waals surface area contributed by atoms with Crippen LogP contribution in [-0.2, 0) is 24.2 Å². The van der Waals surface area contributed by atoms with Crippen molar-refractivity contribution in [1.82, 2.24) is 10.3 Å². The Morgan fingerprint density at radius 3 is 2.75 bits per heavy atom. The van der Waals surface area contributed by atoms with Crippen molar-refractivity contribution < 1.29 is 4.79 Å². The molecule has 0 aliphatic heterocycles. The molecule has 2 heterocycles. The van der Waals surface area contributed by atoms with E-state index in [4.69, 9.17) is 0 Å². The van der Waals surface area contributed by atoms with Crippen molar-refractivity contribution >= 4 is 28.6 Å². The number of hydrogen-bond donors (Lipinski definition) is 1. The molecular formula is C19H20N2OS2. The molecule has 24 heavy (non-hydrogen) atoms. The number of aryl methyl sites for hydroxylation is 2. The fraction of sp³-hybridized carbons (Fsp3) is 0.263. The molecule has 1 N–H and O–H groups in total. The zero-order chi connectivity index (χ0) is 16.8. The number of hydrogen-bond acceptors (Lipinski definition) is 4. The van der Waals surface area contributed by atoms with Crippen molar-refractivity contribution in [3.05, 3.63) is 73.9 Å². The third kappa shape index (κ3) is 5.01. The Morgan fingerprint density at radius 1 is 1.17 bits per heavy atom. The number of amides is 1. The van der Waals surface area contributed by atoms with E-state index in [1.165, 1.54) is 20.9 Å². The van der Waals surface area contributed by atoms with Gasteiger partial charge < -0.3 is 5.32 Å². The molecule has 5 heteroatoms. The van der Waals surface area contributed by atoms with Crippen LogP contribution >= 0.6 is 22.7 Å². The smallest absolute Gasteiger partial charge is 0.220 e. The zero-order valence-corrected chi connectivity index (χ0v) is 15.3. The van der Waals surface area contributed by atoms with Gasteiger partial charge in [0.15, 0.2) is 0 Å². The van der Waals surface area contributed by atoms with E-state index >= 15 is 0 Å². The summed E-state index contributed by atoms with van der Waals surface area (Å²) in [6, 6.07) is 12.7. The lowest BCUT2D eigenvalue weighted by atomic mass is 10.1. The fourth-order valence-corrected chi connectivity index (χ4v) is 3.98. The van der Waals surface area contributed by atoms with Crippen LogP contribution in [0, 0.1) is 6.92 Å². The monoisotopic (exact) mass is 356 g/mol. The molecule has 0 spiro atoms. The van der Waals surface area contributed by atoms with Crippen LogP contribution in [0.3, 0.4) is 0 Å². The molecule has 0 aliphatic rings. The van der Waals surface area contributed by atoms with Crippen LogP contribution in [-0.4, -0.2) is 10.9 Å². The van der Waals surface area contributed by atoms with Gasteiger partial charge in [0.05, 0.1) is 6.54 Å². The molecule has 0 fully saturated rings. The molecule has 1 aromatic carbocycles. The third-order valence-corrected chi connectivity index (χ3v) is 5.65. The molecule has 3 nitrogen and oxygen atoms in total. The summed E-state index contributed by atoms with van der Waals surface area (Å²) in [5.41, 5.74) is 2.56. The maximum absolute atomic E-state index is 11.9. The van der Waals surface area contributed by atoms with Gasteiger partial charge in [-0.15, -0.1) is 22.7 Å². The summed E-state index contributed by atoms with van der Waals surface area (Å²) >= 11 is 3.36. The Morgan fingerprint density at radius 2 is 2.00 bits per heavy atom. The highest BCUT2D eigenvalue weighted by atomic mass is 32.1. The average molecular weight is 357 g/mol. The Kier molecular flexibility index (Phi) is 5.77. The van der Waals surface area contributed by atoms with E-state index in [1.807, 2.05) is 17.6 Å². The van der Waals surface area contributed by atoms with Gasteiger partial charge in [0.1, 0.15) is 5.01 Å². The molecule has 3 rings (SSSR count). The van der Waals surface area contributed by atoms with Crippen LogP contribution in [0.4, 0.5) is 0 Å². The number of rotatable bonds is 7. The number of carbonyl (C=O) groups excluding carboxylic acids is 1. The Labute approximate surface area is 150 Å². The highest BCUT2D eigenvalue weighted by Crippen LogP contribution is 2.18. The summed E-state index contributed by atoms with van der Waals surface area (Å²) in [4.78, 5) is 18.8. The molecule has 0 radical (unpaired) electrons. The summed E-state index contributed by atoms with van der Waals surface area (Å²) in [7, 11) is 0. The molecule has 0 saturated heterocycles. The Bertz CT molecular complexity index is 776. The zero-order valence-electron chi connectivity index (χ0n) is 13.6. The van der Waals surface area contributed by atoms with E-state index in [9.17, 15) is 4.79 Å². The lowest BCUT2D eigenvalue weighted by Crippen LogP contribution is -2.22. The maximum Gasteiger partial charge on any atom is 0.220 e. The van der Waals surface area contributed by atoms with E-state index in [0.29, 0.717) is 13.0 Å². The molecule has 3 aromatic rings. The standard InChI is InChI=1S/C19H20N2OS2/c1-14-4-6-15(7-5-14)11-17-12-21-19(24-17)13-20-18(22)9-8-16-3-2-10-23-16/h2-7,10,12H,8-9,11,13H2,1H3,(H,20,22). The van der Waals surface area contributed by atoms with Gasteiger partial charge in [-0.3, -0.25) is 4.79 Å². The van der Waals surface area contributed by atoms with Crippen LogP contribution in [0.15, 0.2) is 48.0 Å². The van der Waals surface area contributed by atoms with Gasteiger partial charge in [-0.25, -0.2) is 4.98 Å². The highest BCUT2D eigenvalue weighted by molar-refractivity contribution is 7.11. The highest BCUT2D eigenvalue weighted by Gasteiger charge is 2.06. The molecule has 1 amide bonds. The van der Waals surface area contributed by atoms with Gasteiger partial charge in [-0.2, -0.15) is 0 Å². The van der Waals surface area contributed by atoms with Crippen LogP contribution in [0.5, 0.6) is 0 Å². The number of nitrogens with one attached hydrogen (secondary N) is 1. The van der Waals surface area contributed by atoms with Crippen molar-refractivity contribution in [2.75, 3.05) is 0 Å². The van der Waals surface area contributed by atoms with Gasteiger partial charge >= 0.3 is 0 Å². The van der Waals surface area contributed by atoms with Crippen LogP contribution in [0.1, 0.15) is 32.3 Å². The van der Waals surface area contributed by atoms with Gasteiger partial charge in [-0.1, -0.05) is 35.9 Å². The minimum absolute atomic E-state index is 0.0821. The van der Waals surface area contributed by atoms with Crippen molar-refractivity contribution in [2.24, 2.45) is 0 Å². The summed E-state index contributed by atoms with van der Waals surface area (Å²) in [6.07, 6.45) is 4.14. The summed E-state index contributed by atoms with van der Waals surface area (Å²) in [5, 5.41) is 5.96. The normalized spacial score (nSPS) is 10.7. The van der Waals surface area contributed by atoms with E-state index in [1.54, 1.807) is 22.7 Å². The number of thiophene rings is 1. The van der Waals surface area contributed by atoms with Crippen LogP contribution < -0.4 is 5.32 Å². The maximum atomic E-state index is 11.9. The first-order valence-electron chi connectivity index (χ1n) is 7.97. The SMILES string of the molecule is Cc1ccc(Cc2cnc(CNC(=O)CCc3cccs3)s2)cc1. The van der Waals surface area contributed by atoms with E-state index in [0.717, 1.165) is 17.8 Å². The number of thiazole rings is 1. The second kappa shape index (κ2) is 8.22. The van der Waals surface area contributed by atoms with Crippen LogP contribution in [0.25, 0.3) is 0 Å². The van der Waals surface area contributed by atoms with E-state index < -0.39 is 0 Å². The first-order chi connectivity index (χ1) is 11.7. The molecular weight excluding hydrogens is 336 g/mol. The van der Waals surface area contributed by atoms with Crippen LogP contribution in [0.2, 0.25) is 0 Å². The molecule has 0 unspecified atom stereocenters. The molecule has 0 bridgehead atoms.